The lowest BCUT2D eigenvalue weighted by atomic mass is 10.1. The molecule has 3 rings (SSSR count). The van der Waals surface area contributed by atoms with Crippen LogP contribution < -0.4 is 15.8 Å². The van der Waals surface area contributed by atoms with Crippen LogP contribution in [0.25, 0.3) is 0 Å². The third-order valence-electron chi connectivity index (χ3n) is 4.22. The Morgan fingerprint density at radius 2 is 2.11 bits per heavy atom. The lowest BCUT2D eigenvalue weighted by Crippen LogP contribution is -2.15. The van der Waals surface area contributed by atoms with E-state index in [0.717, 1.165) is 18.4 Å². The standard InChI is InChI=1S/C19H23N5O3/c1-3-16-23-15(10-17(24-16)26-2)18(25)21-13-7-4-12(5-8-13)6-9-14-11-27-19(20)22-14/h4-5,7-8,10,14H,3,6,9,11H2,1-2H3,(H2,20,22)(H,21,25)/t14-/m0/s1. The third-order valence-corrected chi connectivity index (χ3v) is 4.22. The molecule has 0 bridgehead atoms. The monoisotopic (exact) mass is 369 g/mol. The molecule has 1 atom stereocenters. The number of methoxy groups -OCH3 is 1. The van der Waals surface area contributed by atoms with E-state index >= 15 is 0 Å². The van der Waals surface area contributed by atoms with Crippen molar-refractivity contribution in [3.8, 4) is 5.88 Å². The van der Waals surface area contributed by atoms with Gasteiger partial charge in [-0.05, 0) is 30.5 Å². The van der Waals surface area contributed by atoms with E-state index in [9.17, 15) is 4.79 Å². The van der Waals surface area contributed by atoms with Crippen molar-refractivity contribution in [3.63, 3.8) is 0 Å². The van der Waals surface area contributed by atoms with Gasteiger partial charge < -0.3 is 20.5 Å². The van der Waals surface area contributed by atoms with Gasteiger partial charge in [0.25, 0.3) is 11.9 Å². The number of hydrogen-bond donors (Lipinski definition) is 2. The van der Waals surface area contributed by atoms with Crippen molar-refractivity contribution in [1.82, 2.24) is 9.97 Å². The second kappa shape index (κ2) is 8.48. The highest BCUT2D eigenvalue weighted by atomic mass is 16.5. The summed E-state index contributed by atoms with van der Waals surface area (Å²) in [6.45, 7) is 2.47. The Morgan fingerprint density at radius 3 is 2.74 bits per heavy atom. The fraction of sp³-hybridized carbons (Fsp3) is 0.368. The highest BCUT2D eigenvalue weighted by Gasteiger charge is 2.16. The number of nitrogens with zero attached hydrogens (tertiary/aromatic N) is 3. The highest BCUT2D eigenvalue weighted by Crippen LogP contribution is 2.16. The van der Waals surface area contributed by atoms with Gasteiger partial charge in [-0.1, -0.05) is 19.1 Å². The SMILES string of the molecule is CCc1nc(OC)cc(C(=O)Nc2ccc(CC[C@H]3COC(N)=N3)cc2)n1. The van der Waals surface area contributed by atoms with E-state index in [4.69, 9.17) is 15.2 Å². The van der Waals surface area contributed by atoms with Gasteiger partial charge in [0.1, 0.15) is 18.1 Å². The first-order valence-electron chi connectivity index (χ1n) is 8.85. The Kier molecular flexibility index (Phi) is 5.85. The molecule has 27 heavy (non-hydrogen) atoms. The number of hydrogen-bond acceptors (Lipinski definition) is 7. The van der Waals surface area contributed by atoms with E-state index in [1.54, 1.807) is 0 Å². The molecule has 8 nitrogen and oxygen atoms in total. The fourth-order valence-electron chi connectivity index (χ4n) is 2.72. The molecular weight excluding hydrogens is 346 g/mol. The van der Waals surface area contributed by atoms with Gasteiger partial charge in [0.15, 0.2) is 0 Å². The molecule has 8 heteroatoms. The van der Waals surface area contributed by atoms with E-state index < -0.39 is 0 Å². The molecule has 0 unspecified atom stereocenters. The molecule has 1 aliphatic heterocycles. The van der Waals surface area contributed by atoms with E-state index in [1.807, 2.05) is 31.2 Å². The van der Waals surface area contributed by atoms with Crippen molar-refractivity contribution in [2.75, 3.05) is 19.0 Å². The quantitative estimate of drug-likeness (QED) is 0.771. The zero-order valence-corrected chi connectivity index (χ0v) is 15.4. The Labute approximate surface area is 157 Å². The Hall–Kier alpha value is -3.16. The molecule has 0 saturated carbocycles. The number of nitrogens with two attached hydrogens (primary N) is 1. The summed E-state index contributed by atoms with van der Waals surface area (Å²) in [6.07, 6.45) is 2.35. The van der Waals surface area contributed by atoms with Crippen molar-refractivity contribution in [3.05, 3.63) is 47.4 Å². The summed E-state index contributed by atoms with van der Waals surface area (Å²) in [5.74, 6) is 0.640. The number of aryl methyl sites for hydroxylation is 2. The summed E-state index contributed by atoms with van der Waals surface area (Å²) in [4.78, 5) is 25.1. The summed E-state index contributed by atoms with van der Waals surface area (Å²) < 4.78 is 10.3. The van der Waals surface area contributed by atoms with E-state index in [1.165, 1.54) is 13.2 Å². The lowest BCUT2D eigenvalue weighted by molar-refractivity contribution is 0.102. The van der Waals surface area contributed by atoms with Crippen LogP contribution in [-0.4, -0.2) is 41.7 Å². The second-order valence-electron chi connectivity index (χ2n) is 6.19. The average molecular weight is 369 g/mol. The van der Waals surface area contributed by atoms with Crippen molar-refractivity contribution in [2.24, 2.45) is 10.7 Å². The number of benzene rings is 1. The van der Waals surface area contributed by atoms with Crippen LogP contribution in [0, 0.1) is 0 Å². The van der Waals surface area contributed by atoms with Crippen molar-refractivity contribution >= 4 is 17.6 Å². The molecule has 142 valence electrons. The van der Waals surface area contributed by atoms with Crippen LogP contribution >= 0.6 is 0 Å². The van der Waals surface area contributed by atoms with Crippen molar-refractivity contribution < 1.29 is 14.3 Å². The van der Waals surface area contributed by atoms with E-state index in [2.05, 4.69) is 20.3 Å². The number of aromatic nitrogens is 2. The zero-order chi connectivity index (χ0) is 19.2. The minimum absolute atomic E-state index is 0.116. The summed E-state index contributed by atoms with van der Waals surface area (Å²) >= 11 is 0. The van der Waals surface area contributed by atoms with Crippen LogP contribution in [0.5, 0.6) is 5.88 Å². The summed E-state index contributed by atoms with van der Waals surface area (Å²) in [6, 6.07) is 9.62. The number of anilines is 1. The molecule has 1 amide bonds. The molecule has 0 fully saturated rings. The minimum Gasteiger partial charge on any atom is -0.481 e. The molecule has 1 aliphatic rings. The van der Waals surface area contributed by atoms with Crippen LogP contribution in [0.2, 0.25) is 0 Å². The predicted molar refractivity (Wildman–Crippen MR) is 102 cm³/mol. The number of carbonyl (C=O) groups is 1. The molecule has 3 N–H and O–H groups in total. The number of carbonyl (C=O) groups excluding carboxylic acids is 1. The van der Waals surface area contributed by atoms with Gasteiger partial charge in [0, 0.05) is 18.2 Å². The summed E-state index contributed by atoms with van der Waals surface area (Å²) in [5, 5.41) is 2.85. The largest absolute Gasteiger partial charge is 0.481 e. The van der Waals surface area contributed by atoms with Crippen molar-refractivity contribution in [2.45, 2.75) is 32.2 Å². The third kappa shape index (κ3) is 4.93. The van der Waals surface area contributed by atoms with Gasteiger partial charge >= 0.3 is 0 Å². The molecule has 2 aromatic rings. The smallest absolute Gasteiger partial charge is 0.282 e. The Balaban J connectivity index is 1.60. The van der Waals surface area contributed by atoms with Crippen LogP contribution in [0.1, 0.15) is 35.2 Å². The maximum Gasteiger partial charge on any atom is 0.282 e. The number of rotatable bonds is 7. The van der Waals surface area contributed by atoms with Gasteiger partial charge in [-0.2, -0.15) is 4.98 Å². The number of amides is 1. The summed E-state index contributed by atoms with van der Waals surface area (Å²) in [7, 11) is 1.51. The molecule has 2 heterocycles. The maximum atomic E-state index is 12.5. The molecule has 1 aromatic heterocycles. The number of aliphatic imine (C=N–C) groups is 1. The van der Waals surface area contributed by atoms with Gasteiger partial charge in [-0.15, -0.1) is 0 Å². The fourth-order valence-corrected chi connectivity index (χ4v) is 2.72. The minimum atomic E-state index is -0.300. The molecule has 0 aliphatic carbocycles. The van der Waals surface area contributed by atoms with Gasteiger partial charge in [0.2, 0.25) is 5.88 Å². The number of ether oxygens (including phenoxy) is 2. The highest BCUT2D eigenvalue weighted by molar-refractivity contribution is 6.03. The molecule has 0 radical (unpaired) electrons. The van der Waals surface area contributed by atoms with Gasteiger partial charge in [-0.3, -0.25) is 4.79 Å². The molecule has 0 saturated heterocycles. The molecular formula is C19H23N5O3. The van der Waals surface area contributed by atoms with Crippen LogP contribution in [-0.2, 0) is 17.6 Å². The molecule has 0 spiro atoms. The second-order valence-corrected chi connectivity index (χ2v) is 6.19. The first-order valence-corrected chi connectivity index (χ1v) is 8.85. The van der Waals surface area contributed by atoms with E-state index in [0.29, 0.717) is 30.4 Å². The Morgan fingerprint density at radius 1 is 1.33 bits per heavy atom. The van der Waals surface area contributed by atoms with Crippen LogP contribution in [0.4, 0.5) is 5.69 Å². The first kappa shape index (κ1) is 18.6. The van der Waals surface area contributed by atoms with Gasteiger partial charge in [0.05, 0.1) is 13.2 Å². The normalized spacial score (nSPS) is 15.8. The zero-order valence-electron chi connectivity index (χ0n) is 15.4. The number of amidine groups is 1. The number of nitrogens with one attached hydrogen (secondary N) is 1. The lowest BCUT2D eigenvalue weighted by Gasteiger charge is -2.09. The first-order chi connectivity index (χ1) is 13.1. The Bertz CT molecular complexity index is 813. The average Bonchev–Trinajstić information content (AvgIpc) is 3.12. The maximum absolute atomic E-state index is 12.5. The molecule has 1 aromatic carbocycles. The van der Waals surface area contributed by atoms with Crippen LogP contribution in [0.15, 0.2) is 35.3 Å². The van der Waals surface area contributed by atoms with Crippen molar-refractivity contribution in [1.29, 1.82) is 0 Å². The van der Waals surface area contributed by atoms with Crippen LogP contribution in [0.3, 0.4) is 0 Å². The summed E-state index contributed by atoms with van der Waals surface area (Å²) in [5.41, 5.74) is 7.65. The topological polar surface area (TPSA) is 112 Å². The van der Waals surface area contributed by atoms with Gasteiger partial charge in [-0.25, -0.2) is 9.98 Å². The predicted octanol–water partition coefficient (Wildman–Crippen LogP) is 1.95. The van der Waals surface area contributed by atoms with E-state index in [-0.39, 0.29) is 23.7 Å².